The van der Waals surface area contributed by atoms with E-state index in [1.54, 1.807) is 18.3 Å². The number of rotatable bonds is 2. The Balaban J connectivity index is 2.01. The SMILES string of the molecule is O=C([O-])c1ccc2c(cnn2C2CCCCC2)c1. The van der Waals surface area contributed by atoms with E-state index in [2.05, 4.69) is 5.10 Å². The predicted molar refractivity (Wildman–Crippen MR) is 66.2 cm³/mol. The van der Waals surface area contributed by atoms with E-state index < -0.39 is 5.97 Å². The van der Waals surface area contributed by atoms with Gasteiger partial charge in [-0.2, -0.15) is 5.10 Å². The molecular weight excluding hydrogens is 228 g/mol. The highest BCUT2D eigenvalue weighted by atomic mass is 16.4. The van der Waals surface area contributed by atoms with Crippen LogP contribution in [0.5, 0.6) is 0 Å². The van der Waals surface area contributed by atoms with Crippen LogP contribution in [0, 0.1) is 0 Å². The molecule has 0 aliphatic heterocycles. The molecule has 1 saturated carbocycles. The zero-order valence-electron chi connectivity index (χ0n) is 10.1. The highest BCUT2D eigenvalue weighted by Gasteiger charge is 2.17. The van der Waals surface area contributed by atoms with Crippen molar-refractivity contribution in [1.29, 1.82) is 0 Å². The van der Waals surface area contributed by atoms with Crippen molar-refractivity contribution >= 4 is 16.9 Å². The molecule has 0 N–H and O–H groups in total. The molecule has 1 heterocycles. The zero-order valence-corrected chi connectivity index (χ0v) is 10.1. The Labute approximate surface area is 105 Å². The van der Waals surface area contributed by atoms with E-state index in [0.29, 0.717) is 6.04 Å². The van der Waals surface area contributed by atoms with Crippen LogP contribution < -0.4 is 5.11 Å². The summed E-state index contributed by atoms with van der Waals surface area (Å²) in [4.78, 5) is 10.8. The standard InChI is InChI=1S/C14H16N2O2/c17-14(18)10-6-7-13-11(8-10)9-15-16(13)12-4-2-1-3-5-12/h6-9,12H,1-5H2,(H,17,18)/p-1. The molecule has 18 heavy (non-hydrogen) atoms. The number of carboxylic acids is 1. The molecule has 1 aromatic carbocycles. The van der Waals surface area contributed by atoms with Crippen molar-refractivity contribution in [2.45, 2.75) is 38.1 Å². The van der Waals surface area contributed by atoms with Crippen LogP contribution in [0.1, 0.15) is 48.5 Å². The Morgan fingerprint density at radius 2 is 2.06 bits per heavy atom. The molecule has 1 aromatic heterocycles. The van der Waals surface area contributed by atoms with Gasteiger partial charge in [0.05, 0.1) is 23.7 Å². The molecule has 94 valence electrons. The lowest BCUT2D eigenvalue weighted by Gasteiger charge is -2.22. The Kier molecular flexibility index (Phi) is 2.78. The molecule has 0 saturated heterocycles. The maximum atomic E-state index is 10.8. The number of carbonyl (C=O) groups is 1. The summed E-state index contributed by atoms with van der Waals surface area (Å²) in [6.07, 6.45) is 7.89. The molecule has 4 heteroatoms. The van der Waals surface area contributed by atoms with Crippen LogP contribution in [0.4, 0.5) is 0 Å². The average Bonchev–Trinajstić information content (AvgIpc) is 2.82. The van der Waals surface area contributed by atoms with Crippen molar-refractivity contribution in [3.8, 4) is 0 Å². The van der Waals surface area contributed by atoms with E-state index in [9.17, 15) is 9.90 Å². The summed E-state index contributed by atoms with van der Waals surface area (Å²) in [7, 11) is 0. The van der Waals surface area contributed by atoms with Gasteiger partial charge in [0.15, 0.2) is 0 Å². The van der Waals surface area contributed by atoms with E-state index in [1.807, 2.05) is 10.7 Å². The lowest BCUT2D eigenvalue weighted by molar-refractivity contribution is -0.255. The summed E-state index contributed by atoms with van der Waals surface area (Å²) in [5.74, 6) is -1.14. The molecule has 0 radical (unpaired) electrons. The molecule has 1 aliphatic carbocycles. The molecule has 2 aromatic rings. The first-order valence-electron chi connectivity index (χ1n) is 6.44. The summed E-state index contributed by atoms with van der Waals surface area (Å²) in [5, 5.41) is 16.1. The van der Waals surface area contributed by atoms with E-state index in [1.165, 1.54) is 32.1 Å². The second kappa shape index (κ2) is 4.44. The Hall–Kier alpha value is -1.84. The summed E-state index contributed by atoms with van der Waals surface area (Å²) in [6, 6.07) is 5.53. The number of hydrogen-bond donors (Lipinski definition) is 0. The molecule has 3 rings (SSSR count). The van der Waals surface area contributed by atoms with E-state index in [-0.39, 0.29) is 5.56 Å². The van der Waals surface area contributed by atoms with Gasteiger partial charge in [-0.05, 0) is 30.5 Å². The molecule has 0 atom stereocenters. The number of nitrogens with zero attached hydrogens (tertiary/aromatic N) is 2. The van der Waals surface area contributed by atoms with Crippen LogP contribution in [0.15, 0.2) is 24.4 Å². The monoisotopic (exact) mass is 243 g/mol. The molecular formula is C14H15N2O2-. The minimum absolute atomic E-state index is 0.214. The largest absolute Gasteiger partial charge is 0.545 e. The molecule has 4 nitrogen and oxygen atoms in total. The van der Waals surface area contributed by atoms with Crippen molar-refractivity contribution in [2.24, 2.45) is 0 Å². The second-order valence-corrected chi connectivity index (χ2v) is 4.94. The van der Waals surface area contributed by atoms with Crippen molar-refractivity contribution in [1.82, 2.24) is 9.78 Å². The maximum absolute atomic E-state index is 10.8. The lowest BCUT2D eigenvalue weighted by Crippen LogP contribution is -2.22. The van der Waals surface area contributed by atoms with Crippen LogP contribution in [0.25, 0.3) is 10.9 Å². The molecule has 1 fully saturated rings. The highest BCUT2D eigenvalue weighted by molar-refractivity contribution is 5.92. The fraction of sp³-hybridized carbons (Fsp3) is 0.429. The number of benzene rings is 1. The predicted octanol–water partition coefficient (Wildman–Crippen LogP) is 1.90. The van der Waals surface area contributed by atoms with Gasteiger partial charge in [-0.1, -0.05) is 25.3 Å². The van der Waals surface area contributed by atoms with Crippen molar-refractivity contribution in [2.75, 3.05) is 0 Å². The van der Waals surface area contributed by atoms with Crippen molar-refractivity contribution < 1.29 is 9.90 Å². The van der Waals surface area contributed by atoms with E-state index in [4.69, 9.17) is 0 Å². The van der Waals surface area contributed by atoms with Crippen LogP contribution in [-0.2, 0) is 0 Å². The molecule has 0 spiro atoms. The molecule has 1 aliphatic rings. The Morgan fingerprint density at radius 3 is 2.78 bits per heavy atom. The van der Waals surface area contributed by atoms with E-state index >= 15 is 0 Å². The summed E-state index contributed by atoms with van der Waals surface area (Å²) in [6.45, 7) is 0. The van der Waals surface area contributed by atoms with Gasteiger partial charge in [0.25, 0.3) is 0 Å². The van der Waals surface area contributed by atoms with Gasteiger partial charge in [0.1, 0.15) is 0 Å². The Morgan fingerprint density at radius 1 is 1.28 bits per heavy atom. The molecule has 0 amide bonds. The fourth-order valence-electron chi connectivity index (χ4n) is 2.80. The number of carboxylic acid groups (broad SMARTS) is 1. The van der Waals surface area contributed by atoms with Crippen molar-refractivity contribution in [3.63, 3.8) is 0 Å². The summed E-state index contributed by atoms with van der Waals surface area (Å²) >= 11 is 0. The van der Waals surface area contributed by atoms with Gasteiger partial charge in [0.2, 0.25) is 0 Å². The second-order valence-electron chi connectivity index (χ2n) is 4.94. The van der Waals surface area contributed by atoms with Gasteiger partial charge in [-0.3, -0.25) is 4.68 Å². The van der Waals surface area contributed by atoms with Crippen LogP contribution in [0.2, 0.25) is 0 Å². The zero-order chi connectivity index (χ0) is 12.5. The van der Waals surface area contributed by atoms with Crippen molar-refractivity contribution in [3.05, 3.63) is 30.0 Å². The third-order valence-electron chi connectivity index (χ3n) is 3.75. The van der Waals surface area contributed by atoms with Gasteiger partial charge < -0.3 is 9.90 Å². The van der Waals surface area contributed by atoms with Gasteiger partial charge in [-0.15, -0.1) is 0 Å². The summed E-state index contributed by atoms with van der Waals surface area (Å²) < 4.78 is 2.05. The van der Waals surface area contributed by atoms with Crippen LogP contribution >= 0.6 is 0 Å². The summed E-state index contributed by atoms with van der Waals surface area (Å²) in [5.41, 5.74) is 1.23. The first-order valence-corrected chi connectivity index (χ1v) is 6.44. The van der Waals surface area contributed by atoms with Crippen LogP contribution in [-0.4, -0.2) is 15.7 Å². The highest BCUT2D eigenvalue weighted by Crippen LogP contribution is 2.30. The quantitative estimate of drug-likeness (QED) is 0.809. The average molecular weight is 243 g/mol. The van der Waals surface area contributed by atoms with E-state index in [0.717, 1.165) is 10.9 Å². The normalized spacial score (nSPS) is 17.1. The lowest BCUT2D eigenvalue weighted by atomic mass is 9.95. The third-order valence-corrected chi connectivity index (χ3v) is 3.75. The molecule has 0 bridgehead atoms. The number of carbonyl (C=O) groups excluding carboxylic acids is 1. The number of hydrogen-bond acceptors (Lipinski definition) is 3. The minimum Gasteiger partial charge on any atom is -0.545 e. The van der Waals surface area contributed by atoms with Gasteiger partial charge in [0, 0.05) is 5.39 Å². The smallest absolute Gasteiger partial charge is 0.0715 e. The maximum Gasteiger partial charge on any atom is 0.0715 e. The Bertz CT molecular complexity index is 582. The third kappa shape index (κ3) is 1.88. The van der Waals surface area contributed by atoms with Crippen LogP contribution in [0.3, 0.4) is 0 Å². The minimum atomic E-state index is -1.14. The number of aromatic carboxylic acids is 1. The number of aromatic nitrogens is 2. The molecule has 0 unspecified atom stereocenters. The van der Waals surface area contributed by atoms with Gasteiger partial charge >= 0.3 is 0 Å². The fourth-order valence-corrected chi connectivity index (χ4v) is 2.80. The number of fused-ring (bicyclic) bond motifs is 1. The van der Waals surface area contributed by atoms with Gasteiger partial charge in [-0.25, -0.2) is 0 Å². The first-order chi connectivity index (χ1) is 8.75. The first kappa shape index (κ1) is 11.3. The topological polar surface area (TPSA) is 57.9 Å².